The summed E-state index contributed by atoms with van der Waals surface area (Å²) in [6.45, 7) is 3.13. The van der Waals surface area contributed by atoms with Gasteiger partial charge in [0.15, 0.2) is 12.4 Å². The predicted molar refractivity (Wildman–Crippen MR) is 237 cm³/mol. The molecule has 10 heteroatoms. The van der Waals surface area contributed by atoms with Crippen LogP contribution in [-0.2, 0) is 28.5 Å². The van der Waals surface area contributed by atoms with Crippen LogP contribution in [0.2, 0.25) is 0 Å². The number of aliphatic hydroxyl groups excluding tert-OH is 4. The van der Waals surface area contributed by atoms with Crippen LogP contribution in [0.5, 0.6) is 0 Å². The summed E-state index contributed by atoms with van der Waals surface area (Å²) < 4.78 is 22.0. The van der Waals surface area contributed by atoms with E-state index in [2.05, 4.69) is 111 Å². The van der Waals surface area contributed by atoms with E-state index in [0.29, 0.717) is 12.8 Å². The summed E-state index contributed by atoms with van der Waals surface area (Å²) >= 11 is 0. The molecule has 0 bridgehead atoms. The summed E-state index contributed by atoms with van der Waals surface area (Å²) in [5.41, 5.74) is 0. The van der Waals surface area contributed by atoms with Gasteiger partial charge in [0.2, 0.25) is 0 Å². The van der Waals surface area contributed by atoms with Crippen LogP contribution >= 0.6 is 0 Å². The van der Waals surface area contributed by atoms with E-state index in [1.54, 1.807) is 0 Å². The van der Waals surface area contributed by atoms with Crippen molar-refractivity contribution in [2.24, 2.45) is 0 Å². The molecule has 2 unspecified atom stereocenters. The van der Waals surface area contributed by atoms with Crippen LogP contribution in [0.4, 0.5) is 0 Å². The Balaban J connectivity index is 2.45. The average molecular weight is 825 g/mol. The van der Waals surface area contributed by atoms with E-state index in [9.17, 15) is 30.0 Å². The van der Waals surface area contributed by atoms with Crippen molar-refractivity contribution in [3.8, 4) is 0 Å². The van der Waals surface area contributed by atoms with Gasteiger partial charge in [0.05, 0.1) is 13.2 Å². The third-order valence-corrected chi connectivity index (χ3v) is 9.16. The van der Waals surface area contributed by atoms with Gasteiger partial charge < -0.3 is 39.4 Å². The largest absolute Gasteiger partial charge is 0.462 e. The molecule has 0 aliphatic carbocycles. The smallest absolute Gasteiger partial charge is 0.306 e. The molecular weight excluding hydrogens is 749 g/mol. The van der Waals surface area contributed by atoms with Crippen molar-refractivity contribution in [1.82, 2.24) is 0 Å². The van der Waals surface area contributed by atoms with Gasteiger partial charge in [-0.3, -0.25) is 9.59 Å². The summed E-state index contributed by atoms with van der Waals surface area (Å²) in [6.07, 6.45) is 45.4. The monoisotopic (exact) mass is 825 g/mol. The molecule has 332 valence electrons. The topological polar surface area (TPSA) is 152 Å². The maximum absolute atomic E-state index is 12.7. The maximum atomic E-state index is 12.7. The van der Waals surface area contributed by atoms with Crippen LogP contribution in [0.15, 0.2) is 109 Å². The quantitative estimate of drug-likeness (QED) is 0.0281. The molecule has 6 atom stereocenters. The molecule has 0 aromatic rings. The van der Waals surface area contributed by atoms with Crippen molar-refractivity contribution in [2.75, 3.05) is 19.8 Å². The first-order valence-corrected chi connectivity index (χ1v) is 22.0. The number of esters is 2. The molecule has 1 aliphatic rings. The molecule has 59 heavy (non-hydrogen) atoms. The Hall–Kier alpha value is -3.64. The van der Waals surface area contributed by atoms with Gasteiger partial charge in [-0.05, 0) is 89.9 Å². The molecule has 0 spiro atoms. The van der Waals surface area contributed by atoms with E-state index in [4.69, 9.17) is 18.9 Å². The summed E-state index contributed by atoms with van der Waals surface area (Å²) in [4.78, 5) is 25.3. The van der Waals surface area contributed by atoms with E-state index in [1.807, 2.05) is 12.2 Å². The standard InChI is InChI=1S/C49H76O10/c1-3-5-7-9-11-13-15-17-19-20-21-22-24-26-28-30-32-34-36-38-45(52)58-42(41-57-49-48(55)47(54)46(53)43(39-50)59-49)40-56-44(51)37-35-33-31-29-27-25-23-18-16-14-12-10-8-6-4-2/h5,7,11-14,17-19,21-23,26-29,32,34,42-43,46-50,53-55H,3-4,6,8-10,15-16,20,24-25,30-31,33,35-41H2,1-2H3/b7-5+,13-11+,14-12+,19-17+,22-21+,23-18+,28-26+,29-27+,34-32+/t42-,43-,46+,47?,48?,49-/m1/s1. The molecule has 1 fully saturated rings. The molecule has 0 saturated carbocycles. The zero-order valence-corrected chi connectivity index (χ0v) is 35.9. The molecule has 1 rings (SSSR count). The minimum atomic E-state index is -1.62. The highest BCUT2D eigenvalue weighted by molar-refractivity contribution is 5.70. The number of ether oxygens (including phenoxy) is 4. The van der Waals surface area contributed by atoms with Crippen molar-refractivity contribution in [2.45, 2.75) is 166 Å². The van der Waals surface area contributed by atoms with Crippen molar-refractivity contribution in [3.63, 3.8) is 0 Å². The number of carbonyl (C=O) groups is 2. The van der Waals surface area contributed by atoms with E-state index in [-0.39, 0.29) is 26.1 Å². The third-order valence-electron chi connectivity index (χ3n) is 9.16. The average Bonchev–Trinajstić information content (AvgIpc) is 3.23. The Morgan fingerprint density at radius 1 is 0.542 bits per heavy atom. The minimum absolute atomic E-state index is 0.0894. The highest BCUT2D eigenvalue weighted by Gasteiger charge is 2.44. The lowest BCUT2D eigenvalue weighted by molar-refractivity contribution is -0.305. The number of aliphatic hydroxyl groups is 4. The lowest BCUT2D eigenvalue weighted by Crippen LogP contribution is -2.59. The highest BCUT2D eigenvalue weighted by Crippen LogP contribution is 2.22. The Bertz CT molecular complexity index is 1320. The van der Waals surface area contributed by atoms with Gasteiger partial charge in [-0.15, -0.1) is 0 Å². The van der Waals surface area contributed by atoms with Crippen LogP contribution in [0, 0.1) is 0 Å². The van der Waals surface area contributed by atoms with Gasteiger partial charge in [-0.1, -0.05) is 136 Å². The SMILES string of the molecule is CC/C=C/C/C=C/C/C=C/C/C=C/C/C=C/C/C=C/CCC(=O)O[C@H](COC(=O)CCCC/C=C/C/C=C/C/C=C/CCCCC)CO[C@@H]1O[C@H](CO)[C@H](O)C(O)C1O. The van der Waals surface area contributed by atoms with E-state index in [1.165, 1.54) is 19.3 Å². The lowest BCUT2D eigenvalue weighted by Gasteiger charge is -2.39. The van der Waals surface area contributed by atoms with Crippen molar-refractivity contribution >= 4 is 11.9 Å². The normalized spacial score (nSPS) is 21.1. The molecule has 1 heterocycles. The second-order valence-corrected chi connectivity index (χ2v) is 14.4. The molecule has 1 saturated heterocycles. The molecule has 0 aromatic carbocycles. The number of hydrogen-bond acceptors (Lipinski definition) is 10. The van der Waals surface area contributed by atoms with Gasteiger partial charge in [-0.25, -0.2) is 0 Å². The fraction of sp³-hybridized carbons (Fsp3) is 0.592. The van der Waals surface area contributed by atoms with Gasteiger partial charge in [0.25, 0.3) is 0 Å². The zero-order valence-electron chi connectivity index (χ0n) is 35.9. The van der Waals surface area contributed by atoms with Crippen molar-refractivity contribution in [3.05, 3.63) is 109 Å². The lowest BCUT2D eigenvalue weighted by atomic mass is 9.99. The maximum Gasteiger partial charge on any atom is 0.306 e. The molecule has 0 amide bonds. The summed E-state index contributed by atoms with van der Waals surface area (Å²) in [5, 5.41) is 40.0. The predicted octanol–water partition coefficient (Wildman–Crippen LogP) is 9.33. The van der Waals surface area contributed by atoms with Crippen LogP contribution in [-0.4, -0.2) is 89.0 Å². The van der Waals surface area contributed by atoms with Crippen molar-refractivity contribution < 1.29 is 49.0 Å². The first-order chi connectivity index (χ1) is 28.8. The number of hydrogen-bond donors (Lipinski definition) is 4. The molecule has 4 N–H and O–H groups in total. The Morgan fingerprint density at radius 3 is 1.51 bits per heavy atom. The Morgan fingerprint density at radius 2 is 1.02 bits per heavy atom. The van der Waals surface area contributed by atoms with Crippen LogP contribution in [0.3, 0.4) is 0 Å². The highest BCUT2D eigenvalue weighted by atomic mass is 16.7. The van der Waals surface area contributed by atoms with E-state index >= 15 is 0 Å². The molecule has 0 aromatic heterocycles. The minimum Gasteiger partial charge on any atom is -0.462 e. The number of rotatable bonds is 34. The molecule has 0 radical (unpaired) electrons. The summed E-state index contributed by atoms with van der Waals surface area (Å²) in [5.74, 6) is -0.963. The van der Waals surface area contributed by atoms with Crippen LogP contribution in [0.25, 0.3) is 0 Å². The number of unbranched alkanes of at least 4 members (excludes halogenated alkanes) is 5. The number of carbonyl (C=O) groups excluding carboxylic acids is 2. The summed E-state index contributed by atoms with van der Waals surface area (Å²) in [6, 6.07) is 0. The van der Waals surface area contributed by atoms with E-state index < -0.39 is 55.4 Å². The van der Waals surface area contributed by atoms with Crippen LogP contribution < -0.4 is 0 Å². The molecule has 10 nitrogen and oxygen atoms in total. The second-order valence-electron chi connectivity index (χ2n) is 14.4. The first kappa shape index (κ1) is 53.4. The molecular formula is C49H76O10. The summed E-state index contributed by atoms with van der Waals surface area (Å²) in [7, 11) is 0. The van der Waals surface area contributed by atoms with Gasteiger partial charge >= 0.3 is 11.9 Å². The van der Waals surface area contributed by atoms with Gasteiger partial charge in [-0.2, -0.15) is 0 Å². The Labute approximate surface area is 355 Å². The van der Waals surface area contributed by atoms with Crippen LogP contribution in [0.1, 0.15) is 129 Å². The third kappa shape index (κ3) is 30.1. The van der Waals surface area contributed by atoms with Gasteiger partial charge in [0, 0.05) is 12.8 Å². The fourth-order valence-electron chi connectivity index (χ4n) is 5.69. The fourth-order valence-corrected chi connectivity index (χ4v) is 5.69. The number of allylic oxidation sites excluding steroid dienone is 18. The molecule has 1 aliphatic heterocycles. The van der Waals surface area contributed by atoms with E-state index in [0.717, 1.165) is 70.6 Å². The van der Waals surface area contributed by atoms with Gasteiger partial charge in [0.1, 0.15) is 31.0 Å². The Kier molecular flexibility index (Phi) is 34.9. The first-order valence-electron chi connectivity index (χ1n) is 22.0. The zero-order chi connectivity index (χ0) is 43.0. The van der Waals surface area contributed by atoms with Crippen molar-refractivity contribution in [1.29, 1.82) is 0 Å². The second kappa shape index (κ2) is 38.6.